The van der Waals surface area contributed by atoms with E-state index in [4.69, 9.17) is 4.65 Å². The third kappa shape index (κ3) is 2.10. The first-order chi connectivity index (χ1) is 8.83. The van der Waals surface area contributed by atoms with Crippen LogP contribution in [0.5, 0.6) is 0 Å². The molecular weight excluding hydrogens is 229 g/mol. The van der Waals surface area contributed by atoms with Gasteiger partial charge in [-0.2, -0.15) is 0 Å². The maximum absolute atomic E-state index is 11.9. The van der Waals surface area contributed by atoms with Crippen LogP contribution in [0.2, 0.25) is 0 Å². The number of anilines is 1. The van der Waals surface area contributed by atoms with Crippen LogP contribution in [0.4, 0.5) is 5.69 Å². The zero-order valence-corrected chi connectivity index (χ0v) is 9.46. The van der Waals surface area contributed by atoms with Crippen molar-refractivity contribution in [2.75, 3.05) is 5.32 Å². The van der Waals surface area contributed by atoms with Gasteiger partial charge in [-0.05, 0) is 23.2 Å². The number of aromatic nitrogens is 2. The first kappa shape index (κ1) is 10.9. The van der Waals surface area contributed by atoms with E-state index in [1.807, 2.05) is 18.2 Å². The van der Waals surface area contributed by atoms with E-state index in [0.717, 1.165) is 16.7 Å². The highest BCUT2D eigenvalue weighted by atomic mass is 16.4. The zero-order valence-electron chi connectivity index (χ0n) is 9.46. The Morgan fingerprint density at radius 3 is 3.00 bits per heavy atom. The molecule has 0 fully saturated rings. The van der Waals surface area contributed by atoms with E-state index in [0.29, 0.717) is 12.2 Å². The van der Waals surface area contributed by atoms with Gasteiger partial charge in [0.1, 0.15) is 6.33 Å². The number of hydrogen-bond donors (Lipinski definition) is 1. The van der Waals surface area contributed by atoms with Crippen molar-refractivity contribution in [3.05, 3.63) is 48.0 Å². The van der Waals surface area contributed by atoms with E-state index in [1.54, 1.807) is 7.48 Å². The highest BCUT2D eigenvalue weighted by molar-refractivity contribution is 6.49. The number of nitrogens with zero attached hydrogens (tertiary/aromatic N) is 2. The van der Waals surface area contributed by atoms with Crippen LogP contribution < -0.4 is 10.8 Å². The van der Waals surface area contributed by atoms with Gasteiger partial charge in [-0.3, -0.25) is 4.79 Å². The Balaban J connectivity index is 1.79. The third-order valence-electron chi connectivity index (χ3n) is 2.68. The summed E-state index contributed by atoms with van der Waals surface area (Å²) in [5.74, 6) is -0.227. The normalized spacial score (nSPS) is 12.7. The minimum Gasteiger partial charge on any atom is -0.430 e. The van der Waals surface area contributed by atoms with E-state index >= 15 is 0 Å². The van der Waals surface area contributed by atoms with Crippen LogP contribution in [0.3, 0.4) is 0 Å². The number of carbonyl (C=O) groups excluding carboxylic acids is 1. The molecule has 1 aromatic heterocycles. The van der Waals surface area contributed by atoms with Gasteiger partial charge < -0.3 is 9.97 Å². The molecule has 6 heteroatoms. The summed E-state index contributed by atoms with van der Waals surface area (Å²) in [6.07, 6.45) is 4.34. The van der Waals surface area contributed by atoms with Gasteiger partial charge in [-0.1, -0.05) is 6.07 Å². The van der Waals surface area contributed by atoms with Crippen molar-refractivity contribution < 1.29 is 9.45 Å². The van der Waals surface area contributed by atoms with E-state index < -0.39 is 0 Å². The summed E-state index contributed by atoms with van der Waals surface area (Å²) in [6, 6.07) is 5.67. The lowest BCUT2D eigenvalue weighted by Crippen LogP contribution is -2.16. The van der Waals surface area contributed by atoms with Crippen molar-refractivity contribution in [1.29, 1.82) is 0 Å². The average Bonchev–Trinajstić information content (AvgIpc) is 2.87. The standard InChI is InChI=1S/C12H9BN3O2/c17-12(9-4-14-7-15-5-9)16-10-2-1-8-6-18-13-11(8)3-10/h1-5,7H,6H2,(H,16,17). The summed E-state index contributed by atoms with van der Waals surface area (Å²) >= 11 is 0. The van der Waals surface area contributed by atoms with Gasteiger partial charge in [-0.15, -0.1) is 0 Å². The van der Waals surface area contributed by atoms with Gasteiger partial charge in [-0.25, -0.2) is 9.97 Å². The van der Waals surface area contributed by atoms with Crippen LogP contribution in [0, 0.1) is 0 Å². The van der Waals surface area contributed by atoms with Crippen molar-refractivity contribution >= 4 is 24.5 Å². The van der Waals surface area contributed by atoms with E-state index in [1.165, 1.54) is 18.7 Å². The summed E-state index contributed by atoms with van der Waals surface area (Å²) in [7, 11) is 1.69. The van der Waals surface area contributed by atoms with Crippen molar-refractivity contribution in [2.24, 2.45) is 0 Å². The van der Waals surface area contributed by atoms with E-state index in [9.17, 15) is 4.79 Å². The van der Waals surface area contributed by atoms with Crippen LogP contribution in [-0.4, -0.2) is 23.4 Å². The number of carbonyl (C=O) groups is 1. The van der Waals surface area contributed by atoms with Gasteiger partial charge in [0.2, 0.25) is 0 Å². The second kappa shape index (κ2) is 4.58. The van der Waals surface area contributed by atoms with Gasteiger partial charge >= 0.3 is 7.48 Å². The Kier molecular flexibility index (Phi) is 2.78. The number of fused-ring (bicyclic) bond motifs is 1. The molecule has 87 valence electrons. The van der Waals surface area contributed by atoms with Crippen molar-refractivity contribution in [3.63, 3.8) is 0 Å². The predicted octanol–water partition coefficient (Wildman–Crippen LogP) is 0.504. The Morgan fingerprint density at radius 1 is 1.33 bits per heavy atom. The van der Waals surface area contributed by atoms with Gasteiger partial charge in [0, 0.05) is 18.1 Å². The molecular formula is C12H9BN3O2. The molecule has 1 aliphatic rings. The molecule has 0 aliphatic carbocycles. The van der Waals surface area contributed by atoms with Crippen LogP contribution in [-0.2, 0) is 11.3 Å². The molecule has 2 heterocycles. The van der Waals surface area contributed by atoms with E-state index in [2.05, 4.69) is 15.3 Å². The minimum absolute atomic E-state index is 0.227. The molecule has 0 spiro atoms. The molecule has 2 aromatic rings. The lowest BCUT2D eigenvalue weighted by Gasteiger charge is -2.06. The first-order valence-electron chi connectivity index (χ1n) is 5.47. The Morgan fingerprint density at radius 2 is 2.17 bits per heavy atom. The topological polar surface area (TPSA) is 64.1 Å². The third-order valence-corrected chi connectivity index (χ3v) is 2.68. The highest BCUT2D eigenvalue weighted by Crippen LogP contribution is 2.12. The van der Waals surface area contributed by atoms with Crippen molar-refractivity contribution in [3.8, 4) is 0 Å². The van der Waals surface area contributed by atoms with Crippen LogP contribution in [0.15, 0.2) is 36.9 Å². The van der Waals surface area contributed by atoms with Gasteiger partial charge in [0.15, 0.2) is 0 Å². The Labute approximate surface area is 104 Å². The average molecular weight is 238 g/mol. The van der Waals surface area contributed by atoms with Crippen molar-refractivity contribution in [2.45, 2.75) is 6.61 Å². The fourth-order valence-corrected chi connectivity index (χ4v) is 1.75. The molecule has 1 radical (unpaired) electrons. The molecule has 0 saturated heterocycles. The summed E-state index contributed by atoms with van der Waals surface area (Å²) in [4.78, 5) is 19.5. The van der Waals surface area contributed by atoms with Crippen LogP contribution in [0.1, 0.15) is 15.9 Å². The molecule has 0 bridgehead atoms. The van der Waals surface area contributed by atoms with E-state index in [-0.39, 0.29) is 5.91 Å². The minimum atomic E-state index is -0.227. The summed E-state index contributed by atoms with van der Waals surface area (Å²) in [5.41, 5.74) is 3.27. The van der Waals surface area contributed by atoms with Crippen LogP contribution >= 0.6 is 0 Å². The Bertz CT molecular complexity index is 589. The monoisotopic (exact) mass is 238 g/mol. The largest absolute Gasteiger partial charge is 0.430 e. The molecule has 0 saturated carbocycles. The molecule has 1 aliphatic heterocycles. The maximum atomic E-state index is 11.9. The van der Waals surface area contributed by atoms with Gasteiger partial charge in [0.05, 0.1) is 12.2 Å². The number of hydrogen-bond acceptors (Lipinski definition) is 4. The molecule has 5 nitrogen and oxygen atoms in total. The molecule has 1 N–H and O–H groups in total. The SMILES string of the molecule is O=C(Nc1ccc2c(c1)[B]OC2)c1cncnc1. The number of amides is 1. The summed E-state index contributed by atoms with van der Waals surface area (Å²) in [6.45, 7) is 0.593. The lowest BCUT2D eigenvalue weighted by atomic mass is 9.87. The zero-order chi connectivity index (χ0) is 12.4. The lowest BCUT2D eigenvalue weighted by molar-refractivity contribution is 0.102. The number of rotatable bonds is 2. The maximum Gasteiger partial charge on any atom is 0.330 e. The van der Waals surface area contributed by atoms with Crippen LogP contribution in [0.25, 0.3) is 0 Å². The number of benzene rings is 1. The molecule has 1 aromatic carbocycles. The molecule has 0 atom stereocenters. The number of nitrogens with one attached hydrogen (secondary N) is 1. The quantitative estimate of drug-likeness (QED) is 0.774. The highest BCUT2D eigenvalue weighted by Gasteiger charge is 2.14. The van der Waals surface area contributed by atoms with Gasteiger partial charge in [0.25, 0.3) is 5.91 Å². The predicted molar refractivity (Wildman–Crippen MR) is 66.6 cm³/mol. The second-order valence-corrected chi connectivity index (χ2v) is 3.92. The first-order valence-corrected chi connectivity index (χ1v) is 5.47. The molecule has 1 amide bonds. The fourth-order valence-electron chi connectivity index (χ4n) is 1.75. The van der Waals surface area contributed by atoms with Crippen molar-refractivity contribution in [1.82, 2.24) is 9.97 Å². The molecule has 18 heavy (non-hydrogen) atoms. The summed E-state index contributed by atoms with van der Waals surface area (Å²) < 4.78 is 5.20. The summed E-state index contributed by atoms with van der Waals surface area (Å²) in [5, 5.41) is 2.79. The molecule has 3 rings (SSSR count). The second-order valence-electron chi connectivity index (χ2n) is 3.92. The Hall–Kier alpha value is -2.21. The smallest absolute Gasteiger partial charge is 0.330 e. The molecule has 0 unspecified atom stereocenters. The fraction of sp³-hybridized carbons (Fsp3) is 0.0833.